The predicted octanol–water partition coefficient (Wildman–Crippen LogP) is 2.76. The Morgan fingerprint density at radius 2 is 1.89 bits per heavy atom. The number of aryl methyl sites for hydroxylation is 1. The highest BCUT2D eigenvalue weighted by Gasteiger charge is 2.36. The van der Waals surface area contributed by atoms with Crippen molar-refractivity contribution in [2.45, 2.75) is 32.0 Å². The highest BCUT2D eigenvalue weighted by Crippen LogP contribution is 2.37. The normalized spacial score (nSPS) is 17.2. The monoisotopic (exact) mass is 421 g/mol. The average molecular weight is 421 g/mol. The fourth-order valence-electron chi connectivity index (χ4n) is 2.80. The van der Waals surface area contributed by atoms with Crippen LogP contribution >= 0.6 is 11.3 Å². The van der Waals surface area contributed by atoms with E-state index in [0.717, 1.165) is 28.7 Å². The van der Waals surface area contributed by atoms with Crippen molar-refractivity contribution in [2.75, 3.05) is 24.7 Å². The summed E-state index contributed by atoms with van der Waals surface area (Å²) in [5.41, 5.74) is -1.19. The van der Waals surface area contributed by atoms with Crippen LogP contribution in [0.1, 0.15) is 23.3 Å². The second-order valence-corrected chi connectivity index (χ2v) is 9.53. The van der Waals surface area contributed by atoms with Crippen LogP contribution in [0.3, 0.4) is 0 Å². The minimum absolute atomic E-state index is 0.0728. The lowest BCUT2D eigenvalue weighted by atomic mass is 10.1. The molecule has 0 aliphatic carbocycles. The van der Waals surface area contributed by atoms with Crippen LogP contribution in [0.4, 0.5) is 19.1 Å². The van der Waals surface area contributed by atoms with Gasteiger partial charge >= 0.3 is 6.18 Å². The molecule has 0 aromatic carbocycles. The van der Waals surface area contributed by atoms with E-state index in [9.17, 15) is 21.6 Å². The Labute approximate surface area is 158 Å². The summed E-state index contributed by atoms with van der Waals surface area (Å²) in [5, 5.41) is 3.19. The van der Waals surface area contributed by atoms with Gasteiger partial charge in [0.1, 0.15) is 16.3 Å². The molecule has 3 rings (SSSR count). The molecule has 1 aliphatic rings. The van der Waals surface area contributed by atoms with Gasteiger partial charge in [0.2, 0.25) is 16.0 Å². The second-order valence-electron chi connectivity index (χ2n) is 6.31. The van der Waals surface area contributed by atoms with E-state index in [4.69, 9.17) is 0 Å². The van der Waals surface area contributed by atoms with Crippen molar-refractivity contribution in [2.24, 2.45) is 0 Å². The van der Waals surface area contributed by atoms with Gasteiger partial charge in [0, 0.05) is 36.4 Å². The van der Waals surface area contributed by atoms with Gasteiger partial charge in [-0.25, -0.2) is 27.7 Å². The first-order valence-corrected chi connectivity index (χ1v) is 10.8. The summed E-state index contributed by atoms with van der Waals surface area (Å²) in [6, 6.07) is -0.120. The second kappa shape index (κ2) is 7.32. The van der Waals surface area contributed by atoms with E-state index >= 15 is 0 Å². The van der Waals surface area contributed by atoms with Crippen molar-refractivity contribution in [1.82, 2.24) is 19.3 Å². The van der Waals surface area contributed by atoms with Gasteiger partial charge in [0.15, 0.2) is 0 Å². The number of thiazole rings is 1. The van der Waals surface area contributed by atoms with Gasteiger partial charge in [0.05, 0.1) is 6.26 Å². The number of hydrogen-bond donors (Lipinski definition) is 1. The quantitative estimate of drug-likeness (QED) is 0.817. The van der Waals surface area contributed by atoms with Crippen LogP contribution in [0, 0.1) is 6.92 Å². The molecule has 0 saturated carbocycles. The number of halogens is 3. The molecule has 1 fully saturated rings. The maximum absolute atomic E-state index is 13.3. The van der Waals surface area contributed by atoms with E-state index in [1.807, 2.05) is 0 Å². The Kier molecular flexibility index (Phi) is 5.41. The topological polar surface area (TPSA) is 88.1 Å². The minimum Gasteiger partial charge on any atom is -0.351 e. The van der Waals surface area contributed by atoms with Gasteiger partial charge in [-0.2, -0.15) is 13.2 Å². The Morgan fingerprint density at radius 1 is 1.22 bits per heavy atom. The first-order valence-electron chi connectivity index (χ1n) is 8.13. The summed E-state index contributed by atoms with van der Waals surface area (Å²) in [6.07, 6.45) is -0.147. The lowest BCUT2D eigenvalue weighted by Gasteiger charge is -2.30. The fourth-order valence-corrected chi connectivity index (χ4v) is 4.44. The molecule has 0 radical (unpaired) electrons. The average Bonchev–Trinajstić information content (AvgIpc) is 3.00. The third-order valence-electron chi connectivity index (χ3n) is 4.17. The van der Waals surface area contributed by atoms with Crippen LogP contribution in [0.5, 0.6) is 0 Å². The molecule has 3 heterocycles. The zero-order valence-corrected chi connectivity index (χ0v) is 16.2. The molecule has 0 atom stereocenters. The van der Waals surface area contributed by atoms with E-state index in [2.05, 4.69) is 20.3 Å². The van der Waals surface area contributed by atoms with E-state index in [1.165, 1.54) is 10.5 Å². The molecule has 0 amide bonds. The lowest BCUT2D eigenvalue weighted by Crippen LogP contribution is -2.42. The van der Waals surface area contributed by atoms with Crippen LogP contribution in [0.2, 0.25) is 0 Å². The van der Waals surface area contributed by atoms with Gasteiger partial charge in [-0.1, -0.05) is 0 Å². The minimum atomic E-state index is -4.59. The third kappa shape index (κ3) is 4.74. The Bertz CT molecular complexity index is 922. The lowest BCUT2D eigenvalue weighted by molar-refractivity contribution is -0.137. The Balaban J connectivity index is 1.81. The maximum atomic E-state index is 13.3. The molecule has 1 N–H and O–H groups in total. The number of alkyl halides is 3. The summed E-state index contributed by atoms with van der Waals surface area (Å²) in [6.45, 7) is 2.44. The van der Waals surface area contributed by atoms with E-state index < -0.39 is 21.8 Å². The first-order chi connectivity index (χ1) is 12.5. The molecule has 1 saturated heterocycles. The van der Waals surface area contributed by atoms with Gasteiger partial charge in [-0.3, -0.25) is 0 Å². The highest BCUT2D eigenvalue weighted by molar-refractivity contribution is 7.88. The molecule has 12 heteroatoms. The molecule has 148 valence electrons. The number of rotatable bonds is 4. The summed E-state index contributed by atoms with van der Waals surface area (Å²) < 4.78 is 64.4. The molecule has 0 bridgehead atoms. The first kappa shape index (κ1) is 20.0. The van der Waals surface area contributed by atoms with Crippen LogP contribution in [-0.4, -0.2) is 53.1 Å². The Hall–Kier alpha value is -1.79. The van der Waals surface area contributed by atoms with E-state index in [0.29, 0.717) is 25.9 Å². The zero-order chi connectivity index (χ0) is 19.8. The predicted molar refractivity (Wildman–Crippen MR) is 95.9 cm³/mol. The molecule has 0 spiro atoms. The van der Waals surface area contributed by atoms with E-state index in [-0.39, 0.29) is 22.7 Å². The Morgan fingerprint density at radius 3 is 2.41 bits per heavy atom. The molecule has 2 aromatic heterocycles. The third-order valence-corrected chi connectivity index (χ3v) is 6.40. The van der Waals surface area contributed by atoms with Crippen molar-refractivity contribution < 1.29 is 21.6 Å². The number of anilines is 1. The molecule has 0 unspecified atom stereocenters. The number of piperidine rings is 1. The van der Waals surface area contributed by atoms with Crippen molar-refractivity contribution in [3.05, 3.63) is 22.8 Å². The molecular weight excluding hydrogens is 403 g/mol. The zero-order valence-electron chi connectivity index (χ0n) is 14.6. The largest absolute Gasteiger partial charge is 0.420 e. The van der Waals surface area contributed by atoms with Crippen molar-refractivity contribution in [3.63, 3.8) is 0 Å². The fraction of sp³-hybridized carbons (Fsp3) is 0.533. The number of sulfonamides is 1. The van der Waals surface area contributed by atoms with Crippen LogP contribution in [0.25, 0.3) is 10.7 Å². The number of nitrogens with zero attached hydrogens (tertiary/aromatic N) is 4. The molecule has 27 heavy (non-hydrogen) atoms. The summed E-state index contributed by atoms with van der Waals surface area (Å²) in [7, 11) is -3.24. The maximum Gasteiger partial charge on any atom is 0.420 e. The summed E-state index contributed by atoms with van der Waals surface area (Å²) >= 11 is 1.13. The standard InChI is InChI=1S/C15H18F3N5O2S2/c1-9-7-19-13(26-9)12-11(15(16,17)18)8-20-14(22-12)21-10-3-5-23(6-4-10)27(2,24)25/h7-8,10H,3-6H2,1-2H3,(H,20,21,22). The molecule has 1 aliphatic heterocycles. The van der Waals surface area contributed by atoms with Crippen molar-refractivity contribution in [1.29, 1.82) is 0 Å². The molecular formula is C15H18F3N5O2S2. The number of aromatic nitrogens is 3. The molecule has 7 nitrogen and oxygen atoms in total. The highest BCUT2D eigenvalue weighted by atomic mass is 32.2. The smallest absolute Gasteiger partial charge is 0.351 e. The van der Waals surface area contributed by atoms with Crippen molar-refractivity contribution >= 4 is 27.3 Å². The number of hydrogen-bond acceptors (Lipinski definition) is 7. The van der Waals surface area contributed by atoms with Crippen LogP contribution < -0.4 is 5.32 Å². The summed E-state index contributed by atoms with van der Waals surface area (Å²) in [4.78, 5) is 12.7. The van der Waals surface area contributed by atoms with Gasteiger partial charge in [-0.15, -0.1) is 11.3 Å². The molecule has 2 aromatic rings. The van der Waals surface area contributed by atoms with Crippen LogP contribution in [0.15, 0.2) is 12.4 Å². The van der Waals surface area contributed by atoms with Crippen molar-refractivity contribution in [3.8, 4) is 10.7 Å². The van der Waals surface area contributed by atoms with Gasteiger partial charge in [-0.05, 0) is 19.8 Å². The van der Waals surface area contributed by atoms with Gasteiger partial charge in [0.25, 0.3) is 0 Å². The number of nitrogens with one attached hydrogen (secondary N) is 1. The van der Waals surface area contributed by atoms with E-state index in [1.54, 1.807) is 6.92 Å². The van der Waals surface area contributed by atoms with Crippen LogP contribution in [-0.2, 0) is 16.2 Å². The van der Waals surface area contributed by atoms with Gasteiger partial charge < -0.3 is 5.32 Å². The SMILES string of the molecule is Cc1cnc(-c2nc(NC3CCN(S(C)(=O)=O)CC3)ncc2C(F)(F)F)s1. The summed E-state index contributed by atoms with van der Waals surface area (Å²) in [5.74, 6) is 0.0728.